The van der Waals surface area contributed by atoms with E-state index in [2.05, 4.69) is 22.6 Å². The SMILES string of the molecule is C#CCNC1CCC(c2ccc(C(=O)OC(C)(C)C)cc2CNC)CC1. The van der Waals surface area contributed by atoms with E-state index in [0.29, 0.717) is 24.1 Å². The summed E-state index contributed by atoms with van der Waals surface area (Å²) in [5, 5.41) is 6.65. The summed E-state index contributed by atoms with van der Waals surface area (Å²) < 4.78 is 5.51. The molecule has 1 aromatic rings. The highest BCUT2D eigenvalue weighted by molar-refractivity contribution is 5.90. The molecule has 1 fully saturated rings. The molecule has 0 radical (unpaired) electrons. The molecule has 26 heavy (non-hydrogen) atoms. The van der Waals surface area contributed by atoms with Gasteiger partial charge in [0.25, 0.3) is 0 Å². The highest BCUT2D eigenvalue weighted by Gasteiger charge is 2.25. The Morgan fingerprint density at radius 1 is 1.27 bits per heavy atom. The number of benzene rings is 1. The first-order valence-corrected chi connectivity index (χ1v) is 9.51. The molecule has 1 aliphatic carbocycles. The minimum absolute atomic E-state index is 0.261. The van der Waals surface area contributed by atoms with Gasteiger partial charge in [-0.2, -0.15) is 0 Å². The molecule has 4 heteroatoms. The van der Waals surface area contributed by atoms with Crippen molar-refractivity contribution < 1.29 is 9.53 Å². The molecular weight excluding hydrogens is 324 g/mol. The fourth-order valence-corrected chi connectivity index (χ4v) is 3.62. The molecule has 2 N–H and O–H groups in total. The first kappa shape index (κ1) is 20.5. The molecule has 0 aliphatic heterocycles. The van der Waals surface area contributed by atoms with E-state index in [0.717, 1.165) is 32.2 Å². The van der Waals surface area contributed by atoms with Gasteiger partial charge in [0.05, 0.1) is 12.1 Å². The second-order valence-electron chi connectivity index (χ2n) is 8.08. The van der Waals surface area contributed by atoms with Crippen LogP contribution in [0, 0.1) is 12.3 Å². The second kappa shape index (κ2) is 9.21. The number of esters is 1. The predicted molar refractivity (Wildman–Crippen MR) is 106 cm³/mol. The number of nitrogens with one attached hydrogen (secondary N) is 2. The Morgan fingerprint density at radius 3 is 2.54 bits per heavy atom. The van der Waals surface area contributed by atoms with E-state index in [9.17, 15) is 4.79 Å². The van der Waals surface area contributed by atoms with Crippen LogP contribution in [0.3, 0.4) is 0 Å². The summed E-state index contributed by atoms with van der Waals surface area (Å²) in [5.74, 6) is 2.93. The Bertz CT molecular complexity index is 647. The zero-order chi connectivity index (χ0) is 19.2. The van der Waals surface area contributed by atoms with Crippen LogP contribution in [-0.4, -0.2) is 31.2 Å². The lowest BCUT2D eigenvalue weighted by Crippen LogP contribution is -2.33. The Balaban J connectivity index is 2.12. The van der Waals surface area contributed by atoms with Gasteiger partial charge in [0.2, 0.25) is 0 Å². The number of rotatable bonds is 6. The third-order valence-electron chi connectivity index (χ3n) is 4.80. The van der Waals surface area contributed by atoms with Crippen LogP contribution in [0.4, 0.5) is 0 Å². The van der Waals surface area contributed by atoms with Crippen molar-refractivity contribution in [2.45, 2.75) is 70.6 Å². The van der Waals surface area contributed by atoms with Gasteiger partial charge in [0, 0.05) is 12.6 Å². The van der Waals surface area contributed by atoms with Crippen molar-refractivity contribution in [3.63, 3.8) is 0 Å². The number of carbonyl (C=O) groups excluding carboxylic acids is 1. The number of carbonyl (C=O) groups is 1. The van der Waals surface area contributed by atoms with Gasteiger partial charge in [-0.05, 0) is 82.7 Å². The molecule has 0 amide bonds. The van der Waals surface area contributed by atoms with Crippen molar-refractivity contribution >= 4 is 5.97 Å². The standard InChI is InChI=1S/C22H32N2O2/c1-6-13-24-19-10-7-16(8-11-19)20-12-9-17(14-18(20)15-23-5)21(25)26-22(2,3)4/h1,9,12,14,16,19,23-24H,7-8,10-11,13,15H2,2-5H3. The lowest BCUT2D eigenvalue weighted by Gasteiger charge is -2.30. The Hall–Kier alpha value is -1.83. The molecule has 0 spiro atoms. The lowest BCUT2D eigenvalue weighted by atomic mass is 9.79. The Morgan fingerprint density at radius 2 is 1.96 bits per heavy atom. The maximum absolute atomic E-state index is 12.4. The fraction of sp³-hybridized carbons (Fsp3) is 0.591. The monoisotopic (exact) mass is 356 g/mol. The van der Waals surface area contributed by atoms with E-state index < -0.39 is 5.60 Å². The minimum Gasteiger partial charge on any atom is -0.456 e. The van der Waals surface area contributed by atoms with Gasteiger partial charge in [-0.3, -0.25) is 0 Å². The Kier molecular flexibility index (Phi) is 7.25. The molecule has 0 aromatic heterocycles. The van der Waals surface area contributed by atoms with Gasteiger partial charge in [0.1, 0.15) is 5.60 Å². The summed E-state index contributed by atoms with van der Waals surface area (Å²) in [6.07, 6.45) is 9.90. The maximum atomic E-state index is 12.4. The molecular formula is C22H32N2O2. The number of hydrogen-bond donors (Lipinski definition) is 2. The molecule has 142 valence electrons. The van der Waals surface area contributed by atoms with Crippen LogP contribution < -0.4 is 10.6 Å². The van der Waals surface area contributed by atoms with E-state index in [-0.39, 0.29) is 5.97 Å². The molecule has 0 bridgehead atoms. The first-order chi connectivity index (χ1) is 12.3. The van der Waals surface area contributed by atoms with E-state index in [4.69, 9.17) is 11.2 Å². The Labute approximate surface area is 158 Å². The minimum atomic E-state index is -0.483. The number of hydrogen-bond acceptors (Lipinski definition) is 4. The van der Waals surface area contributed by atoms with E-state index >= 15 is 0 Å². The predicted octanol–water partition coefficient (Wildman–Crippen LogP) is 3.61. The van der Waals surface area contributed by atoms with E-state index in [1.54, 1.807) is 0 Å². The maximum Gasteiger partial charge on any atom is 0.338 e. The van der Waals surface area contributed by atoms with Crippen LogP contribution in [0.1, 0.15) is 73.9 Å². The first-order valence-electron chi connectivity index (χ1n) is 9.51. The molecule has 1 saturated carbocycles. The average molecular weight is 357 g/mol. The third kappa shape index (κ3) is 5.86. The summed E-state index contributed by atoms with van der Waals surface area (Å²) in [4.78, 5) is 12.4. The molecule has 1 aromatic carbocycles. The summed E-state index contributed by atoms with van der Waals surface area (Å²) >= 11 is 0. The van der Waals surface area contributed by atoms with Crippen molar-refractivity contribution in [3.05, 3.63) is 34.9 Å². The zero-order valence-corrected chi connectivity index (χ0v) is 16.5. The smallest absolute Gasteiger partial charge is 0.338 e. The van der Waals surface area contributed by atoms with Crippen molar-refractivity contribution in [2.24, 2.45) is 0 Å². The topological polar surface area (TPSA) is 50.4 Å². The van der Waals surface area contributed by atoms with Crippen LogP contribution in [-0.2, 0) is 11.3 Å². The molecule has 0 atom stereocenters. The van der Waals surface area contributed by atoms with Crippen LogP contribution in [0.5, 0.6) is 0 Å². The quantitative estimate of drug-likeness (QED) is 0.604. The van der Waals surface area contributed by atoms with Crippen molar-refractivity contribution in [1.82, 2.24) is 10.6 Å². The molecule has 0 unspecified atom stereocenters. The summed E-state index contributed by atoms with van der Waals surface area (Å²) in [6.45, 7) is 7.06. The zero-order valence-electron chi connectivity index (χ0n) is 16.5. The fourth-order valence-electron chi connectivity index (χ4n) is 3.62. The van der Waals surface area contributed by atoms with Crippen molar-refractivity contribution in [1.29, 1.82) is 0 Å². The summed E-state index contributed by atoms with van der Waals surface area (Å²) in [5.41, 5.74) is 2.68. The van der Waals surface area contributed by atoms with Crippen LogP contribution in [0.2, 0.25) is 0 Å². The number of ether oxygens (including phenoxy) is 1. The van der Waals surface area contributed by atoms with Crippen LogP contribution in [0.25, 0.3) is 0 Å². The van der Waals surface area contributed by atoms with Crippen LogP contribution >= 0.6 is 0 Å². The molecule has 2 rings (SSSR count). The van der Waals surface area contributed by atoms with Gasteiger partial charge < -0.3 is 15.4 Å². The second-order valence-corrected chi connectivity index (χ2v) is 8.08. The van der Waals surface area contributed by atoms with Gasteiger partial charge in [-0.1, -0.05) is 12.0 Å². The third-order valence-corrected chi connectivity index (χ3v) is 4.80. The van der Waals surface area contributed by atoms with Gasteiger partial charge in [-0.25, -0.2) is 4.79 Å². The summed E-state index contributed by atoms with van der Waals surface area (Å²) in [7, 11) is 1.94. The van der Waals surface area contributed by atoms with Gasteiger partial charge in [0.15, 0.2) is 0 Å². The average Bonchev–Trinajstić information content (AvgIpc) is 2.59. The molecule has 1 aliphatic rings. The highest BCUT2D eigenvalue weighted by Crippen LogP contribution is 2.35. The normalized spacial score (nSPS) is 20.4. The van der Waals surface area contributed by atoms with Crippen molar-refractivity contribution in [3.8, 4) is 12.3 Å². The highest BCUT2D eigenvalue weighted by atomic mass is 16.6. The van der Waals surface area contributed by atoms with Gasteiger partial charge >= 0.3 is 5.97 Å². The van der Waals surface area contributed by atoms with Gasteiger partial charge in [-0.15, -0.1) is 6.42 Å². The molecule has 0 saturated heterocycles. The largest absolute Gasteiger partial charge is 0.456 e. The lowest BCUT2D eigenvalue weighted by molar-refractivity contribution is 0.00693. The van der Waals surface area contributed by atoms with Crippen LogP contribution in [0.15, 0.2) is 18.2 Å². The number of terminal acetylenes is 1. The summed E-state index contributed by atoms with van der Waals surface area (Å²) in [6, 6.07) is 6.54. The van der Waals surface area contributed by atoms with Crippen molar-refractivity contribution in [2.75, 3.05) is 13.6 Å². The van der Waals surface area contributed by atoms with E-state index in [1.807, 2.05) is 40.0 Å². The molecule has 0 heterocycles. The molecule has 4 nitrogen and oxygen atoms in total. The van der Waals surface area contributed by atoms with E-state index in [1.165, 1.54) is 11.1 Å².